The number of methoxy groups -OCH3 is 1. The molecule has 1 aromatic rings. The van der Waals surface area contributed by atoms with Crippen LogP contribution in [0.1, 0.15) is 50.7 Å². The van der Waals surface area contributed by atoms with Crippen LogP contribution >= 0.6 is 0 Å². The first-order valence-electron chi connectivity index (χ1n) is 6.19. The van der Waals surface area contributed by atoms with Crippen molar-refractivity contribution in [1.82, 2.24) is 0 Å². The number of hydrogen-bond donors (Lipinski definition) is 0. The molecule has 0 fully saturated rings. The van der Waals surface area contributed by atoms with Gasteiger partial charge in [0.2, 0.25) is 0 Å². The van der Waals surface area contributed by atoms with E-state index in [0.29, 0.717) is 11.3 Å². The lowest BCUT2D eigenvalue weighted by molar-refractivity contribution is 0.289. The van der Waals surface area contributed by atoms with Crippen molar-refractivity contribution in [3.05, 3.63) is 29.3 Å². The highest BCUT2D eigenvalue weighted by Crippen LogP contribution is 2.44. The highest BCUT2D eigenvalue weighted by molar-refractivity contribution is 5.40. The van der Waals surface area contributed by atoms with Gasteiger partial charge in [-0.2, -0.15) is 0 Å². The van der Waals surface area contributed by atoms with E-state index in [-0.39, 0.29) is 0 Å². The maximum Gasteiger partial charge on any atom is 0.119 e. The normalized spacial score (nSPS) is 20.4. The van der Waals surface area contributed by atoms with Crippen molar-refractivity contribution in [2.75, 3.05) is 7.11 Å². The Hall–Kier alpha value is -0.980. The van der Waals surface area contributed by atoms with Crippen molar-refractivity contribution in [3.63, 3.8) is 0 Å². The number of benzene rings is 1. The number of aryl methyl sites for hydroxylation is 1. The zero-order valence-electron chi connectivity index (χ0n) is 10.8. The molecule has 0 aromatic heterocycles. The molecule has 0 amide bonds. The molecular formula is C15H22O. The molecule has 1 heteroatoms. The summed E-state index contributed by atoms with van der Waals surface area (Å²) in [6.45, 7) is 7.03. The average Bonchev–Trinajstić information content (AvgIpc) is 2.26. The van der Waals surface area contributed by atoms with Crippen molar-refractivity contribution in [3.8, 4) is 5.75 Å². The second-order valence-electron chi connectivity index (χ2n) is 5.88. The number of fused-ring (bicyclic) bond motifs is 1. The largest absolute Gasteiger partial charge is 0.497 e. The van der Waals surface area contributed by atoms with Crippen LogP contribution in [-0.2, 0) is 6.42 Å². The van der Waals surface area contributed by atoms with Crippen LogP contribution < -0.4 is 4.74 Å². The Labute approximate surface area is 98.8 Å². The summed E-state index contributed by atoms with van der Waals surface area (Å²) in [7, 11) is 1.74. The van der Waals surface area contributed by atoms with Crippen LogP contribution in [0.2, 0.25) is 0 Å². The van der Waals surface area contributed by atoms with Crippen LogP contribution in [0.4, 0.5) is 0 Å². The molecule has 0 N–H and O–H groups in total. The zero-order valence-corrected chi connectivity index (χ0v) is 10.8. The molecule has 16 heavy (non-hydrogen) atoms. The summed E-state index contributed by atoms with van der Waals surface area (Å²) in [5.74, 6) is 1.69. The molecule has 0 spiro atoms. The van der Waals surface area contributed by atoms with Crippen LogP contribution in [-0.4, -0.2) is 7.11 Å². The van der Waals surface area contributed by atoms with Gasteiger partial charge in [-0.15, -0.1) is 0 Å². The first-order valence-corrected chi connectivity index (χ1v) is 6.19. The second-order valence-corrected chi connectivity index (χ2v) is 5.88. The fourth-order valence-electron chi connectivity index (χ4n) is 2.82. The molecule has 0 bridgehead atoms. The molecule has 2 rings (SSSR count). The molecule has 1 aliphatic carbocycles. The minimum atomic E-state index is 0.365. The molecule has 0 heterocycles. The number of hydrogen-bond acceptors (Lipinski definition) is 1. The summed E-state index contributed by atoms with van der Waals surface area (Å²) in [5, 5.41) is 0. The van der Waals surface area contributed by atoms with E-state index in [2.05, 4.69) is 39.0 Å². The molecule has 0 radical (unpaired) electrons. The van der Waals surface area contributed by atoms with E-state index in [1.54, 1.807) is 12.7 Å². The summed E-state index contributed by atoms with van der Waals surface area (Å²) >= 11 is 0. The summed E-state index contributed by atoms with van der Waals surface area (Å²) < 4.78 is 5.30. The van der Waals surface area contributed by atoms with E-state index in [1.165, 1.54) is 24.8 Å². The molecule has 1 nitrogen and oxygen atoms in total. The Kier molecular flexibility index (Phi) is 2.96. The molecular weight excluding hydrogens is 196 g/mol. The smallest absolute Gasteiger partial charge is 0.119 e. The lowest BCUT2D eigenvalue weighted by Crippen LogP contribution is -2.22. The summed E-state index contributed by atoms with van der Waals surface area (Å²) in [5.41, 5.74) is 3.40. The van der Waals surface area contributed by atoms with Gasteiger partial charge in [-0.3, -0.25) is 0 Å². The summed E-state index contributed by atoms with van der Waals surface area (Å²) in [6, 6.07) is 6.58. The highest BCUT2D eigenvalue weighted by atomic mass is 16.5. The average molecular weight is 218 g/mol. The monoisotopic (exact) mass is 218 g/mol. The number of ether oxygens (including phenoxy) is 1. The maximum atomic E-state index is 5.30. The molecule has 1 unspecified atom stereocenters. The van der Waals surface area contributed by atoms with Crippen molar-refractivity contribution in [1.29, 1.82) is 0 Å². The third-order valence-electron chi connectivity index (χ3n) is 3.71. The standard InChI is InChI=1S/C15H22O/c1-15(2,3)14-7-5-6-11-10-12(16-4)8-9-13(11)14/h8-10,14H,5-7H2,1-4H3. The van der Waals surface area contributed by atoms with Crippen molar-refractivity contribution in [2.24, 2.45) is 5.41 Å². The predicted octanol–water partition coefficient (Wildman–Crippen LogP) is 4.16. The van der Waals surface area contributed by atoms with Gasteiger partial charge in [-0.25, -0.2) is 0 Å². The van der Waals surface area contributed by atoms with Crippen LogP contribution in [0.5, 0.6) is 5.75 Å². The minimum absolute atomic E-state index is 0.365. The predicted molar refractivity (Wildman–Crippen MR) is 68.1 cm³/mol. The van der Waals surface area contributed by atoms with Gasteiger partial charge < -0.3 is 4.74 Å². The molecule has 1 atom stereocenters. The Morgan fingerprint density at radius 1 is 1.25 bits per heavy atom. The minimum Gasteiger partial charge on any atom is -0.497 e. The van der Waals surface area contributed by atoms with E-state index in [1.807, 2.05) is 0 Å². The summed E-state index contributed by atoms with van der Waals surface area (Å²) in [6.07, 6.45) is 3.84. The maximum absolute atomic E-state index is 5.30. The third-order valence-corrected chi connectivity index (χ3v) is 3.71. The quantitative estimate of drug-likeness (QED) is 0.687. The van der Waals surface area contributed by atoms with E-state index in [4.69, 9.17) is 4.74 Å². The second kappa shape index (κ2) is 4.12. The van der Waals surface area contributed by atoms with E-state index >= 15 is 0 Å². The van der Waals surface area contributed by atoms with E-state index in [0.717, 1.165) is 5.75 Å². The van der Waals surface area contributed by atoms with Crippen molar-refractivity contribution >= 4 is 0 Å². The lowest BCUT2D eigenvalue weighted by atomic mass is 9.69. The van der Waals surface area contributed by atoms with Crippen molar-refractivity contribution < 1.29 is 4.74 Å². The first kappa shape index (κ1) is 11.5. The molecule has 1 aromatic carbocycles. The highest BCUT2D eigenvalue weighted by Gasteiger charge is 2.30. The third kappa shape index (κ3) is 2.09. The Morgan fingerprint density at radius 2 is 2.00 bits per heavy atom. The van der Waals surface area contributed by atoms with Gasteiger partial charge in [0.15, 0.2) is 0 Å². The number of rotatable bonds is 1. The van der Waals surface area contributed by atoms with Gasteiger partial charge in [-0.1, -0.05) is 26.8 Å². The van der Waals surface area contributed by atoms with Crippen LogP contribution in [0, 0.1) is 5.41 Å². The lowest BCUT2D eigenvalue weighted by Gasteiger charge is -2.36. The Balaban J connectivity index is 2.40. The van der Waals surface area contributed by atoms with E-state index < -0.39 is 0 Å². The Bertz CT molecular complexity index is 374. The van der Waals surface area contributed by atoms with Gasteiger partial charge in [0.1, 0.15) is 5.75 Å². The van der Waals surface area contributed by atoms with Crippen LogP contribution in [0.15, 0.2) is 18.2 Å². The summed E-state index contributed by atoms with van der Waals surface area (Å²) in [4.78, 5) is 0. The molecule has 0 saturated carbocycles. The fraction of sp³-hybridized carbons (Fsp3) is 0.600. The topological polar surface area (TPSA) is 9.23 Å². The van der Waals surface area contributed by atoms with Gasteiger partial charge in [0, 0.05) is 0 Å². The molecule has 1 aliphatic rings. The Morgan fingerprint density at radius 3 is 2.62 bits per heavy atom. The van der Waals surface area contributed by atoms with Gasteiger partial charge in [-0.05, 0) is 53.9 Å². The molecule has 0 saturated heterocycles. The zero-order chi connectivity index (χ0) is 11.8. The van der Waals surface area contributed by atoms with Crippen LogP contribution in [0.3, 0.4) is 0 Å². The van der Waals surface area contributed by atoms with Crippen molar-refractivity contribution in [2.45, 2.75) is 46.0 Å². The molecule has 88 valence electrons. The SMILES string of the molecule is COc1ccc2c(c1)CCCC2C(C)(C)C. The van der Waals surface area contributed by atoms with Gasteiger partial charge in [0.05, 0.1) is 7.11 Å². The fourth-order valence-corrected chi connectivity index (χ4v) is 2.82. The van der Waals surface area contributed by atoms with Crippen LogP contribution in [0.25, 0.3) is 0 Å². The van der Waals surface area contributed by atoms with Gasteiger partial charge >= 0.3 is 0 Å². The van der Waals surface area contributed by atoms with Gasteiger partial charge in [0.25, 0.3) is 0 Å². The van der Waals surface area contributed by atoms with E-state index in [9.17, 15) is 0 Å². The first-order chi connectivity index (χ1) is 7.52. The molecule has 0 aliphatic heterocycles.